The third-order valence-corrected chi connectivity index (χ3v) is 1.20. The summed E-state index contributed by atoms with van der Waals surface area (Å²) in [6.45, 7) is 0. The fraction of sp³-hybridized carbons (Fsp3) is 0.333. The van der Waals surface area contributed by atoms with Gasteiger partial charge in [-0.05, 0) is 6.07 Å². The molecule has 0 radical (unpaired) electrons. The Morgan fingerprint density at radius 3 is 2.50 bits per heavy atom. The van der Waals surface area contributed by atoms with Gasteiger partial charge in [-0.1, -0.05) is 0 Å². The third kappa shape index (κ3) is 1.63. The predicted molar refractivity (Wildman–Crippen MR) is 33.6 cm³/mol. The van der Waals surface area contributed by atoms with E-state index in [-0.39, 0.29) is 0 Å². The zero-order valence-electron chi connectivity index (χ0n) is 6.09. The van der Waals surface area contributed by atoms with Crippen molar-refractivity contribution in [2.24, 2.45) is 7.05 Å². The molecule has 0 bridgehead atoms. The number of Topliss-reactive ketones (excluding diaryl/α,β-unsaturated/α-hetero) is 1. The number of halogens is 3. The van der Waals surface area contributed by atoms with Crippen molar-refractivity contribution in [3.05, 3.63) is 18.0 Å². The molecule has 1 rings (SSSR count). The highest BCUT2D eigenvalue weighted by Crippen LogP contribution is 2.19. The van der Waals surface area contributed by atoms with Gasteiger partial charge >= 0.3 is 6.18 Å². The van der Waals surface area contributed by atoms with Crippen LogP contribution in [0.25, 0.3) is 0 Å². The van der Waals surface area contributed by atoms with Gasteiger partial charge in [-0.2, -0.15) is 18.3 Å². The van der Waals surface area contributed by atoms with Gasteiger partial charge in [0.05, 0.1) is 0 Å². The van der Waals surface area contributed by atoms with Gasteiger partial charge in [0.25, 0.3) is 5.78 Å². The Kier molecular flexibility index (Phi) is 1.91. The van der Waals surface area contributed by atoms with Crippen LogP contribution in [0.1, 0.15) is 10.5 Å². The summed E-state index contributed by atoms with van der Waals surface area (Å²) < 4.78 is 36.4. The van der Waals surface area contributed by atoms with E-state index >= 15 is 0 Å². The molecule has 0 aliphatic rings. The van der Waals surface area contributed by atoms with Crippen LogP contribution in [0.3, 0.4) is 0 Å². The molecule has 1 aromatic heterocycles. The van der Waals surface area contributed by atoms with Gasteiger partial charge in [0.2, 0.25) is 0 Å². The van der Waals surface area contributed by atoms with Gasteiger partial charge in [0.15, 0.2) is 0 Å². The van der Waals surface area contributed by atoms with Gasteiger partial charge < -0.3 is 0 Å². The Bertz CT molecular complexity index is 302. The molecule has 0 aliphatic heterocycles. The number of hydrogen-bond acceptors (Lipinski definition) is 2. The summed E-state index contributed by atoms with van der Waals surface area (Å²) in [4.78, 5) is 10.5. The van der Waals surface area contributed by atoms with Crippen LogP contribution in [0, 0.1) is 0 Å². The molecule has 0 saturated carbocycles. The SMILES string of the molecule is Cn1ccc(C(=O)C(F)(F)F)n1. The molecule has 0 atom stereocenters. The van der Waals surface area contributed by atoms with Crippen molar-refractivity contribution in [2.45, 2.75) is 6.18 Å². The lowest BCUT2D eigenvalue weighted by molar-refractivity contribution is -0.0888. The van der Waals surface area contributed by atoms with E-state index in [0.29, 0.717) is 0 Å². The van der Waals surface area contributed by atoms with Crippen LogP contribution in [0.2, 0.25) is 0 Å². The largest absolute Gasteiger partial charge is 0.456 e. The Hall–Kier alpha value is -1.33. The zero-order valence-corrected chi connectivity index (χ0v) is 6.09. The molecule has 12 heavy (non-hydrogen) atoms. The predicted octanol–water partition coefficient (Wildman–Crippen LogP) is 1.17. The fourth-order valence-electron chi connectivity index (χ4n) is 0.681. The zero-order chi connectivity index (χ0) is 9.35. The molecular formula is C6H5F3N2O. The molecule has 0 spiro atoms. The molecule has 0 unspecified atom stereocenters. The minimum absolute atomic E-state index is 0.579. The highest BCUT2D eigenvalue weighted by atomic mass is 19.4. The van der Waals surface area contributed by atoms with E-state index in [1.165, 1.54) is 13.2 Å². The third-order valence-electron chi connectivity index (χ3n) is 1.20. The highest BCUT2D eigenvalue weighted by Gasteiger charge is 2.40. The van der Waals surface area contributed by atoms with Crippen molar-refractivity contribution in [1.29, 1.82) is 0 Å². The lowest BCUT2D eigenvalue weighted by Gasteiger charge is -2.00. The van der Waals surface area contributed by atoms with Crippen molar-refractivity contribution in [3.63, 3.8) is 0 Å². The average molecular weight is 178 g/mol. The molecule has 0 amide bonds. The maximum absolute atomic E-state index is 11.7. The second kappa shape index (κ2) is 2.62. The fourth-order valence-corrected chi connectivity index (χ4v) is 0.681. The van der Waals surface area contributed by atoms with Gasteiger partial charge in [0.1, 0.15) is 5.69 Å². The molecule has 0 fully saturated rings. The van der Waals surface area contributed by atoms with Crippen LogP contribution in [0.4, 0.5) is 13.2 Å². The highest BCUT2D eigenvalue weighted by molar-refractivity contribution is 5.98. The molecular weight excluding hydrogens is 173 g/mol. The summed E-state index contributed by atoms with van der Waals surface area (Å²) >= 11 is 0. The first kappa shape index (κ1) is 8.76. The lowest BCUT2D eigenvalue weighted by Crippen LogP contribution is -2.23. The standard InChI is InChI=1S/C6H5F3N2O/c1-11-3-2-4(10-11)5(12)6(7,8)9/h2-3H,1H3. The molecule has 0 aliphatic carbocycles. The van der Waals surface area contributed by atoms with Crippen LogP contribution < -0.4 is 0 Å². The second-order valence-electron chi connectivity index (χ2n) is 2.20. The summed E-state index contributed by atoms with van der Waals surface area (Å²) in [5, 5.41) is 3.32. The number of ketones is 1. The van der Waals surface area contributed by atoms with Crippen LogP contribution in [-0.2, 0) is 7.05 Å². The molecule has 3 nitrogen and oxygen atoms in total. The summed E-state index contributed by atoms with van der Waals surface area (Å²) in [7, 11) is 1.44. The first-order chi connectivity index (χ1) is 5.41. The van der Waals surface area contributed by atoms with Crippen molar-refractivity contribution >= 4 is 5.78 Å². The van der Waals surface area contributed by atoms with Crippen molar-refractivity contribution < 1.29 is 18.0 Å². The smallest absolute Gasteiger partial charge is 0.282 e. The van der Waals surface area contributed by atoms with Crippen molar-refractivity contribution in [2.75, 3.05) is 0 Å². The van der Waals surface area contributed by atoms with E-state index in [1.807, 2.05) is 0 Å². The van der Waals surface area contributed by atoms with Gasteiger partial charge in [-0.15, -0.1) is 0 Å². The molecule has 66 valence electrons. The van der Waals surface area contributed by atoms with Crippen molar-refractivity contribution in [1.82, 2.24) is 9.78 Å². The van der Waals surface area contributed by atoms with E-state index in [0.717, 1.165) is 10.7 Å². The molecule has 1 aromatic rings. The van der Waals surface area contributed by atoms with Crippen LogP contribution in [0.15, 0.2) is 12.3 Å². The number of carbonyl (C=O) groups is 1. The summed E-state index contributed by atoms with van der Waals surface area (Å²) in [5.41, 5.74) is -0.579. The quantitative estimate of drug-likeness (QED) is 0.605. The summed E-state index contributed by atoms with van der Waals surface area (Å²) in [6, 6.07) is 1.02. The van der Waals surface area contributed by atoms with E-state index in [2.05, 4.69) is 5.10 Å². The van der Waals surface area contributed by atoms with Gasteiger partial charge in [-0.25, -0.2) is 0 Å². The Balaban J connectivity index is 2.93. The van der Waals surface area contributed by atoms with E-state index in [1.54, 1.807) is 0 Å². The van der Waals surface area contributed by atoms with Gasteiger partial charge in [0, 0.05) is 13.2 Å². The number of rotatable bonds is 1. The maximum Gasteiger partial charge on any atom is 0.456 e. The van der Waals surface area contributed by atoms with Crippen molar-refractivity contribution in [3.8, 4) is 0 Å². The van der Waals surface area contributed by atoms with E-state index < -0.39 is 17.7 Å². The number of aromatic nitrogens is 2. The maximum atomic E-state index is 11.7. The topological polar surface area (TPSA) is 34.9 Å². The number of hydrogen-bond donors (Lipinski definition) is 0. The number of nitrogens with zero attached hydrogens (tertiary/aromatic N) is 2. The lowest BCUT2D eigenvalue weighted by atomic mass is 10.3. The Morgan fingerprint density at radius 1 is 1.58 bits per heavy atom. The Morgan fingerprint density at radius 2 is 2.17 bits per heavy atom. The monoisotopic (exact) mass is 178 g/mol. The summed E-state index contributed by atoms with van der Waals surface area (Å²) in [5.74, 6) is -1.91. The first-order valence-corrected chi connectivity index (χ1v) is 3.02. The average Bonchev–Trinajstić information content (AvgIpc) is 2.32. The van der Waals surface area contributed by atoms with Gasteiger partial charge in [-0.3, -0.25) is 9.48 Å². The van der Waals surface area contributed by atoms with Crippen LogP contribution >= 0.6 is 0 Å². The van der Waals surface area contributed by atoms with E-state index in [4.69, 9.17) is 0 Å². The van der Waals surface area contributed by atoms with Crippen LogP contribution in [0.5, 0.6) is 0 Å². The first-order valence-electron chi connectivity index (χ1n) is 3.02. The Labute approximate surface area is 65.8 Å². The summed E-state index contributed by atoms with van der Waals surface area (Å²) in [6.07, 6.45) is -3.56. The molecule has 0 N–H and O–H groups in total. The van der Waals surface area contributed by atoms with E-state index in [9.17, 15) is 18.0 Å². The normalized spacial score (nSPS) is 11.7. The number of alkyl halides is 3. The molecule has 0 aromatic carbocycles. The molecule has 6 heteroatoms. The minimum atomic E-state index is -4.84. The molecule has 1 heterocycles. The minimum Gasteiger partial charge on any atom is -0.282 e. The van der Waals surface area contributed by atoms with Crippen LogP contribution in [-0.4, -0.2) is 21.7 Å². The number of aryl methyl sites for hydroxylation is 1. The molecule has 0 saturated heterocycles. The second-order valence-corrected chi connectivity index (χ2v) is 2.20. The number of carbonyl (C=O) groups excluding carboxylic acids is 1.